The maximum atomic E-state index is 11.9. The fraction of sp³-hybridized carbons (Fsp3) is 0.429. The Morgan fingerprint density at radius 2 is 2.10 bits per heavy atom. The van der Waals surface area contributed by atoms with Gasteiger partial charge in [-0.3, -0.25) is 4.79 Å². The van der Waals surface area contributed by atoms with Gasteiger partial charge in [0.2, 0.25) is 5.91 Å². The highest BCUT2D eigenvalue weighted by atomic mass is 32.2. The van der Waals surface area contributed by atoms with Crippen molar-refractivity contribution in [3.63, 3.8) is 0 Å². The number of thioether (sulfide) groups is 1. The molecular formula is C14H18N2O3S. The van der Waals surface area contributed by atoms with Gasteiger partial charge in [-0.05, 0) is 24.1 Å². The SMILES string of the molecule is O=C(O)c1ccc(CCNC(=O)C2CSCCN2)cc1. The number of rotatable bonds is 5. The van der Waals surface area contributed by atoms with Gasteiger partial charge in [-0.2, -0.15) is 11.8 Å². The van der Waals surface area contributed by atoms with Gasteiger partial charge in [-0.25, -0.2) is 4.79 Å². The molecule has 6 heteroatoms. The lowest BCUT2D eigenvalue weighted by Crippen LogP contribution is -2.49. The Morgan fingerprint density at radius 3 is 2.70 bits per heavy atom. The van der Waals surface area contributed by atoms with Gasteiger partial charge in [0.25, 0.3) is 0 Å². The van der Waals surface area contributed by atoms with Crippen LogP contribution in [0.4, 0.5) is 0 Å². The van der Waals surface area contributed by atoms with Gasteiger partial charge in [0.15, 0.2) is 0 Å². The number of carbonyl (C=O) groups is 2. The van der Waals surface area contributed by atoms with Crippen molar-refractivity contribution in [2.45, 2.75) is 12.5 Å². The van der Waals surface area contributed by atoms with E-state index in [0.29, 0.717) is 13.0 Å². The van der Waals surface area contributed by atoms with E-state index >= 15 is 0 Å². The smallest absolute Gasteiger partial charge is 0.335 e. The van der Waals surface area contributed by atoms with E-state index in [9.17, 15) is 9.59 Å². The molecule has 1 heterocycles. The van der Waals surface area contributed by atoms with Crippen LogP contribution in [0.15, 0.2) is 24.3 Å². The minimum Gasteiger partial charge on any atom is -0.478 e. The molecule has 20 heavy (non-hydrogen) atoms. The van der Waals surface area contributed by atoms with E-state index in [1.807, 2.05) is 0 Å². The van der Waals surface area contributed by atoms with E-state index < -0.39 is 5.97 Å². The molecule has 1 aliphatic heterocycles. The van der Waals surface area contributed by atoms with Crippen LogP contribution in [-0.4, -0.2) is 47.6 Å². The van der Waals surface area contributed by atoms with Crippen LogP contribution in [0.3, 0.4) is 0 Å². The summed E-state index contributed by atoms with van der Waals surface area (Å²) in [6.45, 7) is 1.44. The first-order valence-corrected chi connectivity index (χ1v) is 7.73. The van der Waals surface area contributed by atoms with Gasteiger partial charge in [0, 0.05) is 24.6 Å². The molecule has 0 spiro atoms. The van der Waals surface area contributed by atoms with E-state index in [4.69, 9.17) is 5.11 Å². The fourth-order valence-corrected chi connectivity index (χ4v) is 2.93. The van der Waals surface area contributed by atoms with Crippen LogP contribution in [0.5, 0.6) is 0 Å². The molecule has 1 aromatic carbocycles. The largest absolute Gasteiger partial charge is 0.478 e. The van der Waals surface area contributed by atoms with Crippen LogP contribution >= 0.6 is 11.8 Å². The molecule has 0 aromatic heterocycles. The van der Waals surface area contributed by atoms with E-state index in [-0.39, 0.29) is 17.5 Å². The van der Waals surface area contributed by atoms with Crippen LogP contribution in [0.25, 0.3) is 0 Å². The third-order valence-corrected chi connectivity index (χ3v) is 4.21. The number of carbonyl (C=O) groups excluding carboxylic acids is 1. The zero-order valence-electron chi connectivity index (χ0n) is 11.1. The highest BCUT2D eigenvalue weighted by Crippen LogP contribution is 2.08. The summed E-state index contributed by atoms with van der Waals surface area (Å²) in [5.41, 5.74) is 1.29. The molecule has 5 nitrogen and oxygen atoms in total. The number of aromatic carboxylic acids is 1. The minimum absolute atomic E-state index is 0.0411. The normalized spacial score (nSPS) is 18.5. The van der Waals surface area contributed by atoms with Crippen molar-refractivity contribution in [1.29, 1.82) is 0 Å². The average Bonchev–Trinajstić information content (AvgIpc) is 2.48. The molecule has 0 saturated carbocycles. The summed E-state index contributed by atoms with van der Waals surface area (Å²) < 4.78 is 0. The number of benzene rings is 1. The van der Waals surface area contributed by atoms with Crippen molar-refractivity contribution in [3.8, 4) is 0 Å². The van der Waals surface area contributed by atoms with Crippen molar-refractivity contribution >= 4 is 23.6 Å². The minimum atomic E-state index is -0.925. The molecule has 1 aliphatic rings. The van der Waals surface area contributed by atoms with Crippen LogP contribution in [0.1, 0.15) is 15.9 Å². The topological polar surface area (TPSA) is 78.4 Å². The summed E-state index contributed by atoms with van der Waals surface area (Å²) in [7, 11) is 0. The van der Waals surface area contributed by atoms with Crippen molar-refractivity contribution in [3.05, 3.63) is 35.4 Å². The predicted octanol–water partition coefficient (Wildman–Crippen LogP) is 0.748. The monoisotopic (exact) mass is 294 g/mol. The Hall–Kier alpha value is -1.53. The highest BCUT2D eigenvalue weighted by Gasteiger charge is 2.20. The maximum Gasteiger partial charge on any atom is 0.335 e. The number of amides is 1. The summed E-state index contributed by atoms with van der Waals surface area (Å²) in [5.74, 6) is 0.990. The predicted molar refractivity (Wildman–Crippen MR) is 79.2 cm³/mol. The summed E-state index contributed by atoms with van der Waals surface area (Å²) >= 11 is 1.79. The first-order chi connectivity index (χ1) is 9.66. The third-order valence-electron chi connectivity index (χ3n) is 3.15. The summed E-state index contributed by atoms with van der Waals surface area (Å²) in [6.07, 6.45) is 0.700. The van der Waals surface area contributed by atoms with Gasteiger partial charge < -0.3 is 15.7 Å². The number of hydrogen-bond donors (Lipinski definition) is 3. The van der Waals surface area contributed by atoms with Crippen LogP contribution < -0.4 is 10.6 Å². The molecule has 1 saturated heterocycles. The quantitative estimate of drug-likeness (QED) is 0.747. The molecule has 0 aliphatic carbocycles. The van der Waals surface area contributed by atoms with Crippen molar-refractivity contribution in [2.24, 2.45) is 0 Å². The van der Waals surface area contributed by atoms with Gasteiger partial charge in [-0.1, -0.05) is 12.1 Å². The molecule has 0 radical (unpaired) electrons. The van der Waals surface area contributed by atoms with Gasteiger partial charge in [0.1, 0.15) is 0 Å². The zero-order chi connectivity index (χ0) is 14.4. The summed E-state index contributed by atoms with van der Waals surface area (Å²) in [4.78, 5) is 22.6. The van der Waals surface area contributed by atoms with Crippen molar-refractivity contribution in [1.82, 2.24) is 10.6 Å². The van der Waals surface area contributed by atoms with E-state index in [2.05, 4.69) is 10.6 Å². The van der Waals surface area contributed by atoms with E-state index in [0.717, 1.165) is 23.6 Å². The second-order valence-corrected chi connectivity index (χ2v) is 5.77. The Morgan fingerprint density at radius 1 is 1.35 bits per heavy atom. The number of carboxylic acid groups (broad SMARTS) is 1. The lowest BCUT2D eigenvalue weighted by atomic mass is 10.1. The molecular weight excluding hydrogens is 276 g/mol. The molecule has 1 amide bonds. The molecule has 1 unspecified atom stereocenters. The lowest BCUT2D eigenvalue weighted by molar-refractivity contribution is -0.122. The van der Waals surface area contributed by atoms with Gasteiger partial charge in [-0.15, -0.1) is 0 Å². The molecule has 2 rings (SSSR count). The molecule has 0 bridgehead atoms. The Kier molecular flexibility index (Phi) is 5.43. The second kappa shape index (κ2) is 7.31. The number of nitrogens with one attached hydrogen (secondary N) is 2. The van der Waals surface area contributed by atoms with Crippen LogP contribution in [0, 0.1) is 0 Å². The average molecular weight is 294 g/mol. The van der Waals surface area contributed by atoms with Crippen molar-refractivity contribution < 1.29 is 14.7 Å². The molecule has 1 aromatic rings. The first kappa shape index (κ1) is 14.9. The number of carboxylic acids is 1. The highest BCUT2D eigenvalue weighted by molar-refractivity contribution is 7.99. The Balaban J connectivity index is 1.74. The summed E-state index contributed by atoms with van der Waals surface area (Å²) in [5, 5.41) is 14.9. The van der Waals surface area contributed by atoms with E-state index in [1.165, 1.54) is 0 Å². The van der Waals surface area contributed by atoms with Crippen LogP contribution in [0.2, 0.25) is 0 Å². The molecule has 1 fully saturated rings. The lowest BCUT2D eigenvalue weighted by Gasteiger charge is -2.22. The molecule has 108 valence electrons. The zero-order valence-corrected chi connectivity index (χ0v) is 11.9. The summed E-state index contributed by atoms with van der Waals surface area (Å²) in [6, 6.07) is 6.63. The molecule has 1 atom stereocenters. The van der Waals surface area contributed by atoms with Gasteiger partial charge >= 0.3 is 5.97 Å². The van der Waals surface area contributed by atoms with Gasteiger partial charge in [0.05, 0.1) is 11.6 Å². The molecule has 3 N–H and O–H groups in total. The Labute approximate surface area is 122 Å². The van der Waals surface area contributed by atoms with Crippen molar-refractivity contribution in [2.75, 3.05) is 24.6 Å². The maximum absolute atomic E-state index is 11.9. The first-order valence-electron chi connectivity index (χ1n) is 6.58. The second-order valence-electron chi connectivity index (χ2n) is 4.62. The fourth-order valence-electron chi connectivity index (χ4n) is 2.00. The Bertz CT molecular complexity index is 470. The standard InChI is InChI=1S/C14H18N2O3S/c17-13(12-9-20-8-7-15-12)16-6-5-10-1-3-11(4-2-10)14(18)19/h1-4,12,15H,5-9H2,(H,16,17)(H,18,19). The van der Waals surface area contributed by atoms with Crippen LogP contribution in [-0.2, 0) is 11.2 Å². The number of hydrogen-bond acceptors (Lipinski definition) is 4. The van der Waals surface area contributed by atoms with E-state index in [1.54, 1.807) is 36.0 Å². The third kappa shape index (κ3) is 4.25.